The van der Waals surface area contributed by atoms with Crippen LogP contribution in [0, 0.1) is 5.82 Å². The Hall–Kier alpha value is -2.31. The Balaban J connectivity index is -0.000000576. The molecule has 5 nitrogen and oxygen atoms in total. The van der Waals surface area contributed by atoms with Gasteiger partial charge in [-0.3, -0.25) is 14.6 Å². The number of hydrogen-bond acceptors (Lipinski definition) is 4. The number of amides is 1. The van der Waals surface area contributed by atoms with Gasteiger partial charge in [0.05, 0.1) is 10.6 Å². The molecule has 0 fully saturated rings. The van der Waals surface area contributed by atoms with Gasteiger partial charge in [0.2, 0.25) is 0 Å². The summed E-state index contributed by atoms with van der Waals surface area (Å²) in [4.78, 5) is 27.3. The second-order valence-electron chi connectivity index (χ2n) is 4.97. The molecular weight excluding hydrogens is 321 g/mol. The highest BCUT2D eigenvalue weighted by Gasteiger charge is 2.23. The number of ketones is 1. The van der Waals surface area contributed by atoms with Gasteiger partial charge in [-0.25, -0.2) is 4.39 Å². The molecule has 0 radical (unpaired) electrons. The van der Waals surface area contributed by atoms with E-state index >= 15 is 0 Å². The standard InChI is InChI=1S/C16H15ClFN3O2.5H2/c1-2-11(19)9-4-5-10(17)13(14(9)18)15(22)8-3-6-12(16(20)23)21-7-8;;;;;/h3-7,11H,2,19H2,1H3,(H2,20,23);5*1H/t11-;;;;;/m1...../s1. The highest BCUT2D eigenvalue weighted by Crippen LogP contribution is 2.28. The first kappa shape index (κ1) is 17.1. The molecule has 0 aliphatic carbocycles. The average molecular weight is 346 g/mol. The van der Waals surface area contributed by atoms with Gasteiger partial charge in [-0.1, -0.05) is 24.6 Å². The molecule has 130 valence electrons. The summed E-state index contributed by atoms with van der Waals surface area (Å²) >= 11 is 5.98. The molecule has 1 aromatic carbocycles. The Bertz CT molecular complexity index is 782. The molecule has 2 rings (SSSR count). The topological polar surface area (TPSA) is 99.1 Å². The van der Waals surface area contributed by atoms with Crippen LogP contribution in [0.25, 0.3) is 0 Å². The molecule has 0 aliphatic heterocycles. The first-order valence-electron chi connectivity index (χ1n) is 6.90. The van der Waals surface area contributed by atoms with Crippen molar-refractivity contribution >= 4 is 23.3 Å². The lowest BCUT2D eigenvalue weighted by molar-refractivity contribution is 0.0991. The van der Waals surface area contributed by atoms with E-state index in [2.05, 4.69) is 4.98 Å². The van der Waals surface area contributed by atoms with Crippen LogP contribution in [0.3, 0.4) is 0 Å². The van der Waals surface area contributed by atoms with E-state index in [1.807, 2.05) is 6.92 Å². The molecule has 0 aliphatic rings. The number of primary amides is 1. The highest BCUT2D eigenvalue weighted by atomic mass is 35.5. The van der Waals surface area contributed by atoms with E-state index in [1.54, 1.807) is 0 Å². The van der Waals surface area contributed by atoms with E-state index in [-0.39, 0.29) is 34.5 Å². The molecule has 23 heavy (non-hydrogen) atoms. The van der Waals surface area contributed by atoms with Crippen molar-refractivity contribution in [2.75, 3.05) is 0 Å². The Kier molecular flexibility index (Phi) is 5.08. The number of carbonyl (C=O) groups is 2. The van der Waals surface area contributed by atoms with Crippen LogP contribution in [0.4, 0.5) is 4.39 Å². The van der Waals surface area contributed by atoms with Crippen molar-refractivity contribution in [1.82, 2.24) is 4.98 Å². The second kappa shape index (κ2) is 6.85. The van der Waals surface area contributed by atoms with Crippen molar-refractivity contribution < 1.29 is 21.1 Å². The molecule has 0 unspecified atom stereocenters. The van der Waals surface area contributed by atoms with Crippen LogP contribution in [0.15, 0.2) is 30.5 Å². The predicted molar refractivity (Wildman–Crippen MR) is 95.4 cm³/mol. The molecule has 1 atom stereocenters. The van der Waals surface area contributed by atoms with Gasteiger partial charge in [-0.05, 0) is 24.6 Å². The second-order valence-corrected chi connectivity index (χ2v) is 5.37. The highest BCUT2D eigenvalue weighted by molar-refractivity contribution is 6.35. The summed E-state index contributed by atoms with van der Waals surface area (Å²) in [6.07, 6.45) is 1.67. The summed E-state index contributed by atoms with van der Waals surface area (Å²) < 4.78 is 14.6. The van der Waals surface area contributed by atoms with Gasteiger partial charge < -0.3 is 11.5 Å². The number of pyridine rings is 1. The zero-order valence-corrected chi connectivity index (χ0v) is 13.1. The average Bonchev–Trinajstić information content (AvgIpc) is 2.54. The number of benzene rings is 1. The third-order valence-electron chi connectivity index (χ3n) is 3.47. The monoisotopic (exact) mass is 345 g/mol. The maximum absolute atomic E-state index is 14.6. The van der Waals surface area contributed by atoms with Crippen molar-refractivity contribution in [3.8, 4) is 0 Å². The van der Waals surface area contributed by atoms with Crippen LogP contribution >= 0.6 is 11.6 Å². The number of nitrogens with zero attached hydrogens (tertiary/aromatic N) is 1. The minimum Gasteiger partial charge on any atom is -0.364 e. The van der Waals surface area contributed by atoms with E-state index in [4.69, 9.17) is 23.1 Å². The molecule has 0 bridgehead atoms. The van der Waals surface area contributed by atoms with Crippen LogP contribution in [0.5, 0.6) is 0 Å². The van der Waals surface area contributed by atoms with Gasteiger partial charge in [0.15, 0.2) is 5.78 Å². The largest absolute Gasteiger partial charge is 0.364 e. The summed E-state index contributed by atoms with van der Waals surface area (Å²) in [6, 6.07) is 5.01. The molecule has 2 aromatic rings. The van der Waals surface area contributed by atoms with Crippen molar-refractivity contribution in [3.63, 3.8) is 0 Å². The van der Waals surface area contributed by atoms with Gasteiger partial charge in [0.25, 0.3) is 5.91 Å². The number of carbonyl (C=O) groups excluding carboxylic acids is 2. The third kappa shape index (κ3) is 3.38. The Labute approximate surface area is 144 Å². The van der Waals surface area contributed by atoms with Crippen LogP contribution in [0.1, 0.15) is 58.5 Å². The quantitative estimate of drug-likeness (QED) is 0.804. The lowest BCUT2D eigenvalue weighted by atomic mass is 9.97. The van der Waals surface area contributed by atoms with Crippen molar-refractivity contribution in [2.24, 2.45) is 11.5 Å². The number of hydrogen-bond donors (Lipinski definition) is 2. The molecule has 7 heteroatoms. The first-order valence-corrected chi connectivity index (χ1v) is 7.28. The van der Waals surface area contributed by atoms with E-state index in [0.717, 1.165) is 6.20 Å². The van der Waals surface area contributed by atoms with Gasteiger partial charge in [0, 0.05) is 30.5 Å². The summed E-state index contributed by atoms with van der Waals surface area (Å²) in [7, 11) is 0. The van der Waals surface area contributed by atoms with Crippen molar-refractivity contribution in [1.29, 1.82) is 0 Å². The smallest absolute Gasteiger partial charge is 0.267 e. The molecule has 1 amide bonds. The maximum atomic E-state index is 14.6. The SMILES string of the molecule is CC[C@@H](N)c1ccc(Cl)c(C(=O)c2ccc(C(N)=O)nc2)c1F.[HH].[HH].[HH].[HH].[HH]. The third-order valence-corrected chi connectivity index (χ3v) is 3.78. The fraction of sp³-hybridized carbons (Fsp3) is 0.188. The molecule has 1 aromatic heterocycles. The molecule has 0 saturated heterocycles. The van der Waals surface area contributed by atoms with Gasteiger partial charge in [-0.2, -0.15) is 0 Å². The summed E-state index contributed by atoms with van der Waals surface area (Å²) in [6.45, 7) is 1.81. The minimum atomic E-state index is -0.740. The molecule has 1 heterocycles. The summed E-state index contributed by atoms with van der Waals surface area (Å²) in [5.74, 6) is -2.10. The Morgan fingerprint density at radius 2 is 2.04 bits per heavy atom. The van der Waals surface area contributed by atoms with Crippen LogP contribution in [0.2, 0.25) is 5.02 Å². The fourth-order valence-electron chi connectivity index (χ4n) is 2.10. The van der Waals surface area contributed by atoms with E-state index < -0.39 is 23.5 Å². The number of nitrogens with two attached hydrogens (primary N) is 2. The van der Waals surface area contributed by atoms with Gasteiger partial charge in [-0.15, -0.1) is 0 Å². The Morgan fingerprint density at radius 1 is 1.35 bits per heavy atom. The fourth-order valence-corrected chi connectivity index (χ4v) is 2.33. The van der Waals surface area contributed by atoms with E-state index in [0.29, 0.717) is 6.42 Å². The van der Waals surface area contributed by atoms with Crippen LogP contribution in [-0.4, -0.2) is 16.7 Å². The first-order chi connectivity index (χ1) is 10.9. The van der Waals surface area contributed by atoms with Crippen molar-refractivity contribution in [2.45, 2.75) is 19.4 Å². The molecular formula is C16H25ClFN3O2. The maximum Gasteiger partial charge on any atom is 0.267 e. The van der Waals surface area contributed by atoms with Crippen LogP contribution in [-0.2, 0) is 0 Å². The summed E-state index contributed by atoms with van der Waals surface area (Å²) in [5, 5.41) is -0.0152. The number of rotatable bonds is 5. The zero-order chi connectivity index (χ0) is 17.1. The Morgan fingerprint density at radius 3 is 2.57 bits per heavy atom. The molecule has 0 spiro atoms. The normalized spacial score (nSPS) is 12.0. The van der Waals surface area contributed by atoms with E-state index in [1.165, 1.54) is 24.3 Å². The summed E-state index contributed by atoms with van der Waals surface area (Å²) in [5.41, 5.74) is 11.0. The lowest BCUT2D eigenvalue weighted by Gasteiger charge is -2.14. The number of halogens is 2. The zero-order valence-electron chi connectivity index (χ0n) is 12.3. The van der Waals surface area contributed by atoms with Gasteiger partial charge in [0.1, 0.15) is 11.5 Å². The van der Waals surface area contributed by atoms with Crippen molar-refractivity contribution in [3.05, 3.63) is 63.7 Å². The minimum absolute atomic E-state index is 0. The van der Waals surface area contributed by atoms with E-state index in [9.17, 15) is 14.0 Å². The predicted octanol–water partition coefficient (Wildman–Crippen LogP) is 3.84. The van der Waals surface area contributed by atoms with Gasteiger partial charge >= 0.3 is 0 Å². The number of aromatic nitrogens is 1. The molecule has 0 saturated carbocycles. The molecule has 4 N–H and O–H groups in total. The van der Waals surface area contributed by atoms with Crippen LogP contribution < -0.4 is 11.5 Å². The lowest BCUT2D eigenvalue weighted by Crippen LogP contribution is -2.16.